The smallest absolute Gasteiger partial charge is 0.251 e. The van der Waals surface area contributed by atoms with Crippen molar-refractivity contribution in [2.45, 2.75) is 19.4 Å². The normalized spacial score (nSPS) is 16.4. The van der Waals surface area contributed by atoms with E-state index in [1.807, 2.05) is 0 Å². The Morgan fingerprint density at radius 1 is 1.41 bits per heavy atom. The Hall–Kier alpha value is -1.11. The maximum Gasteiger partial charge on any atom is 0.251 e. The molecular formula is C16H23BrN2O3. The van der Waals surface area contributed by atoms with E-state index in [1.165, 1.54) is 0 Å². The summed E-state index contributed by atoms with van der Waals surface area (Å²) in [5.74, 6) is 0.634. The van der Waals surface area contributed by atoms with Gasteiger partial charge in [0.15, 0.2) is 0 Å². The molecule has 0 aromatic heterocycles. The van der Waals surface area contributed by atoms with Crippen LogP contribution in [0.25, 0.3) is 0 Å². The number of nitrogens with zero attached hydrogens (tertiary/aromatic N) is 1. The highest BCUT2D eigenvalue weighted by Gasteiger charge is 2.28. The Balaban J connectivity index is 1.95. The fraction of sp³-hybridized carbons (Fsp3) is 0.562. The molecule has 1 aliphatic rings. The van der Waals surface area contributed by atoms with E-state index in [1.54, 1.807) is 25.3 Å². The number of methoxy groups -OCH3 is 1. The van der Waals surface area contributed by atoms with Gasteiger partial charge in [0.1, 0.15) is 5.75 Å². The highest BCUT2D eigenvalue weighted by atomic mass is 79.9. The second-order valence-corrected chi connectivity index (χ2v) is 6.80. The van der Waals surface area contributed by atoms with Crippen LogP contribution in [0.2, 0.25) is 0 Å². The molecule has 1 heterocycles. The van der Waals surface area contributed by atoms with E-state index >= 15 is 0 Å². The molecule has 0 atom stereocenters. The number of ether oxygens (including phenoxy) is 2. The first-order valence-corrected chi connectivity index (χ1v) is 8.18. The lowest BCUT2D eigenvalue weighted by molar-refractivity contribution is -0.00923. The van der Waals surface area contributed by atoms with Crippen LogP contribution in [0.15, 0.2) is 22.7 Å². The van der Waals surface area contributed by atoms with E-state index in [4.69, 9.17) is 9.47 Å². The Bertz CT molecular complexity index is 528. The van der Waals surface area contributed by atoms with Crippen molar-refractivity contribution < 1.29 is 14.3 Å². The largest absolute Gasteiger partial charge is 0.496 e. The second kappa shape index (κ2) is 7.44. The van der Waals surface area contributed by atoms with E-state index in [-0.39, 0.29) is 11.4 Å². The molecule has 1 amide bonds. The third kappa shape index (κ3) is 4.21. The summed E-state index contributed by atoms with van der Waals surface area (Å²) in [6, 6.07) is 5.32. The van der Waals surface area contributed by atoms with Gasteiger partial charge in [-0.25, -0.2) is 0 Å². The van der Waals surface area contributed by atoms with Crippen molar-refractivity contribution in [3.05, 3.63) is 28.2 Å². The molecule has 1 aromatic rings. The Morgan fingerprint density at radius 2 is 2.09 bits per heavy atom. The average Bonchev–Trinajstić information content (AvgIpc) is 2.53. The number of hydrogen-bond acceptors (Lipinski definition) is 4. The molecule has 0 spiro atoms. The zero-order valence-corrected chi connectivity index (χ0v) is 14.9. The average molecular weight is 371 g/mol. The molecule has 0 aliphatic carbocycles. The first-order valence-electron chi connectivity index (χ1n) is 7.38. The summed E-state index contributed by atoms with van der Waals surface area (Å²) in [5.41, 5.74) is 0.522. The quantitative estimate of drug-likeness (QED) is 0.863. The lowest BCUT2D eigenvalue weighted by atomic mass is 10.0. The van der Waals surface area contributed by atoms with Crippen LogP contribution in [0.3, 0.4) is 0 Å². The van der Waals surface area contributed by atoms with Gasteiger partial charge in [-0.05, 0) is 48.0 Å². The van der Waals surface area contributed by atoms with Gasteiger partial charge in [0, 0.05) is 30.7 Å². The van der Waals surface area contributed by atoms with Gasteiger partial charge in [-0.1, -0.05) is 0 Å². The van der Waals surface area contributed by atoms with E-state index in [9.17, 15) is 4.79 Å². The molecule has 22 heavy (non-hydrogen) atoms. The summed E-state index contributed by atoms with van der Waals surface area (Å²) < 4.78 is 11.3. The van der Waals surface area contributed by atoms with Crippen molar-refractivity contribution in [3.63, 3.8) is 0 Å². The molecule has 0 bridgehead atoms. The standard InChI is InChI=1S/C16H23BrN2O3/c1-16(2,19-6-8-22-9-7-19)11-18-15(20)12-4-5-14(21-3)13(17)10-12/h4-5,10H,6-9,11H2,1-3H3,(H,18,20). The van der Waals surface area contributed by atoms with Crippen molar-refractivity contribution in [2.24, 2.45) is 0 Å². The van der Waals surface area contributed by atoms with Gasteiger partial charge in [-0.2, -0.15) is 0 Å². The first kappa shape index (κ1) is 17.2. The third-order valence-electron chi connectivity index (χ3n) is 3.96. The minimum absolute atomic E-state index is 0.0790. The Labute approximate surface area is 140 Å². The Morgan fingerprint density at radius 3 is 2.68 bits per heavy atom. The number of carbonyl (C=O) groups excluding carboxylic acids is 1. The Kier molecular flexibility index (Phi) is 5.83. The zero-order valence-electron chi connectivity index (χ0n) is 13.3. The number of hydrogen-bond donors (Lipinski definition) is 1. The molecule has 1 fully saturated rings. The lowest BCUT2D eigenvalue weighted by Gasteiger charge is -2.40. The first-order chi connectivity index (χ1) is 10.4. The van der Waals surface area contributed by atoms with Crippen LogP contribution in [0, 0.1) is 0 Å². The van der Waals surface area contributed by atoms with Crippen molar-refractivity contribution in [3.8, 4) is 5.75 Å². The fourth-order valence-corrected chi connectivity index (χ4v) is 3.03. The number of nitrogens with one attached hydrogen (secondary N) is 1. The number of benzene rings is 1. The van der Waals surface area contributed by atoms with Crippen LogP contribution in [-0.4, -0.2) is 56.3 Å². The highest BCUT2D eigenvalue weighted by Crippen LogP contribution is 2.25. The number of rotatable bonds is 5. The third-order valence-corrected chi connectivity index (χ3v) is 4.58. The molecule has 1 saturated heterocycles. The van der Waals surface area contributed by atoms with Crippen LogP contribution in [0.4, 0.5) is 0 Å². The SMILES string of the molecule is COc1ccc(C(=O)NCC(C)(C)N2CCOCC2)cc1Br. The van der Waals surface area contributed by atoms with Crippen molar-refractivity contribution in [1.29, 1.82) is 0 Å². The summed E-state index contributed by atoms with van der Waals surface area (Å²) in [4.78, 5) is 14.7. The number of amides is 1. The van der Waals surface area contributed by atoms with E-state index < -0.39 is 0 Å². The topological polar surface area (TPSA) is 50.8 Å². The summed E-state index contributed by atoms with van der Waals surface area (Å²) in [7, 11) is 1.60. The molecule has 2 rings (SSSR count). The van der Waals surface area contributed by atoms with Gasteiger partial charge in [-0.15, -0.1) is 0 Å². The van der Waals surface area contributed by atoms with Crippen LogP contribution in [-0.2, 0) is 4.74 Å². The molecule has 0 unspecified atom stereocenters. The predicted molar refractivity (Wildman–Crippen MR) is 89.5 cm³/mol. The van der Waals surface area contributed by atoms with Gasteiger partial charge < -0.3 is 14.8 Å². The molecule has 5 nitrogen and oxygen atoms in total. The highest BCUT2D eigenvalue weighted by molar-refractivity contribution is 9.10. The minimum atomic E-state index is -0.0941. The summed E-state index contributed by atoms with van der Waals surface area (Å²) in [6.07, 6.45) is 0. The van der Waals surface area contributed by atoms with Crippen LogP contribution < -0.4 is 10.1 Å². The molecule has 122 valence electrons. The number of halogens is 1. The number of morpholine rings is 1. The molecular weight excluding hydrogens is 348 g/mol. The van der Waals surface area contributed by atoms with E-state index in [0.717, 1.165) is 30.8 Å². The van der Waals surface area contributed by atoms with Crippen LogP contribution in [0.1, 0.15) is 24.2 Å². The molecule has 0 radical (unpaired) electrons. The van der Waals surface area contributed by atoms with Gasteiger partial charge in [0.25, 0.3) is 5.91 Å². The molecule has 6 heteroatoms. The van der Waals surface area contributed by atoms with Gasteiger partial charge in [0.05, 0.1) is 24.8 Å². The van der Waals surface area contributed by atoms with E-state index in [0.29, 0.717) is 17.9 Å². The van der Waals surface area contributed by atoms with Crippen molar-refractivity contribution in [1.82, 2.24) is 10.2 Å². The monoisotopic (exact) mass is 370 g/mol. The van der Waals surface area contributed by atoms with Crippen molar-refractivity contribution >= 4 is 21.8 Å². The minimum Gasteiger partial charge on any atom is -0.496 e. The van der Waals surface area contributed by atoms with Crippen LogP contribution in [0.5, 0.6) is 5.75 Å². The summed E-state index contributed by atoms with van der Waals surface area (Å²) >= 11 is 3.40. The fourth-order valence-electron chi connectivity index (χ4n) is 2.49. The van der Waals surface area contributed by atoms with Gasteiger partial charge >= 0.3 is 0 Å². The molecule has 1 N–H and O–H groups in total. The van der Waals surface area contributed by atoms with Gasteiger partial charge in [-0.3, -0.25) is 9.69 Å². The van der Waals surface area contributed by atoms with Gasteiger partial charge in [0.2, 0.25) is 0 Å². The van der Waals surface area contributed by atoms with Crippen LogP contribution >= 0.6 is 15.9 Å². The molecule has 0 saturated carbocycles. The second-order valence-electron chi connectivity index (χ2n) is 5.94. The summed E-state index contributed by atoms with van der Waals surface area (Å²) in [5, 5.41) is 3.02. The summed E-state index contributed by atoms with van der Waals surface area (Å²) in [6.45, 7) is 8.18. The van der Waals surface area contributed by atoms with Crippen molar-refractivity contribution in [2.75, 3.05) is 40.0 Å². The number of carbonyl (C=O) groups is 1. The predicted octanol–water partition coefficient (Wildman–Crippen LogP) is 2.30. The molecule has 1 aliphatic heterocycles. The maximum absolute atomic E-state index is 12.3. The van der Waals surface area contributed by atoms with E-state index in [2.05, 4.69) is 40.0 Å². The maximum atomic E-state index is 12.3. The zero-order chi connectivity index (χ0) is 16.2. The molecule has 1 aromatic carbocycles. The lowest BCUT2D eigenvalue weighted by Crippen LogP contribution is -2.55.